The number of anilines is 1. The molecule has 0 fully saturated rings. The van der Waals surface area contributed by atoms with Gasteiger partial charge in [-0.3, -0.25) is 14.3 Å². The van der Waals surface area contributed by atoms with Crippen molar-refractivity contribution in [3.8, 4) is 16.9 Å². The monoisotopic (exact) mass is 844 g/mol. The molecule has 10 heteroatoms. The van der Waals surface area contributed by atoms with Crippen LogP contribution >= 0.6 is 11.6 Å². The number of hydrogen-bond donors (Lipinski definition) is 3. The fourth-order valence-electron chi connectivity index (χ4n) is 9.80. The van der Waals surface area contributed by atoms with Crippen molar-refractivity contribution in [3.63, 3.8) is 0 Å². The van der Waals surface area contributed by atoms with Crippen LogP contribution in [0, 0.1) is 27.7 Å². The number of benzene rings is 4. The zero-order chi connectivity index (χ0) is 43.1. The lowest BCUT2D eigenvalue weighted by Crippen LogP contribution is -2.35. The first-order valence-corrected chi connectivity index (χ1v) is 22.1. The van der Waals surface area contributed by atoms with Gasteiger partial charge in [-0.1, -0.05) is 78.3 Å². The zero-order valence-corrected chi connectivity index (χ0v) is 36.9. The molecule has 0 saturated heterocycles. The van der Waals surface area contributed by atoms with Crippen molar-refractivity contribution in [2.75, 3.05) is 11.9 Å². The Kier molecular flexibility index (Phi) is 11.5. The number of halogens is 1. The maximum absolute atomic E-state index is 14.5. The number of carbonyl (C=O) groups is 2. The van der Waals surface area contributed by atoms with Crippen LogP contribution in [-0.2, 0) is 50.5 Å². The molecule has 2 aromatic heterocycles. The van der Waals surface area contributed by atoms with Gasteiger partial charge >= 0.3 is 0 Å². The Balaban J connectivity index is 0.968. The molecule has 2 heterocycles. The van der Waals surface area contributed by atoms with Gasteiger partial charge in [0.2, 0.25) is 5.91 Å². The fourth-order valence-corrected chi connectivity index (χ4v) is 9.90. The summed E-state index contributed by atoms with van der Waals surface area (Å²) in [6.07, 6.45) is 5.22. The van der Waals surface area contributed by atoms with Crippen LogP contribution in [0.5, 0.6) is 5.75 Å². The summed E-state index contributed by atoms with van der Waals surface area (Å²) in [5.41, 5.74) is 16.5. The number of nitrogens with zero attached hydrogens (tertiary/aromatic N) is 3. The van der Waals surface area contributed by atoms with E-state index in [2.05, 4.69) is 89.6 Å². The molecule has 3 N–H and O–H groups in total. The molecule has 316 valence electrons. The molecule has 9 nitrogen and oxygen atoms in total. The lowest BCUT2D eigenvalue weighted by atomic mass is 9.93. The third kappa shape index (κ3) is 8.38. The minimum Gasteiger partial charge on any atom is -0.494 e. The van der Waals surface area contributed by atoms with Gasteiger partial charge in [-0.2, -0.15) is 5.10 Å². The highest BCUT2D eigenvalue weighted by atomic mass is 35.5. The number of pyridine rings is 1. The second-order valence-electron chi connectivity index (χ2n) is 17.2. The van der Waals surface area contributed by atoms with Gasteiger partial charge in [-0.15, -0.1) is 0 Å². The first-order valence-electron chi connectivity index (χ1n) is 21.7. The number of amides is 2. The predicted molar refractivity (Wildman–Crippen MR) is 247 cm³/mol. The van der Waals surface area contributed by atoms with E-state index in [0.717, 1.165) is 92.4 Å². The zero-order valence-electron chi connectivity index (χ0n) is 36.1. The van der Waals surface area contributed by atoms with Gasteiger partial charge in [0.25, 0.3) is 5.91 Å². The molecule has 0 spiro atoms. The molecular formula is C52H53ClN6O3. The summed E-state index contributed by atoms with van der Waals surface area (Å²) in [7, 11) is 1.97. The largest absolute Gasteiger partial charge is 0.494 e. The van der Waals surface area contributed by atoms with Gasteiger partial charge in [-0.25, -0.2) is 4.98 Å². The van der Waals surface area contributed by atoms with Crippen molar-refractivity contribution in [2.45, 2.75) is 91.3 Å². The van der Waals surface area contributed by atoms with Crippen molar-refractivity contribution in [1.29, 1.82) is 0 Å². The number of aryl methyl sites for hydroxylation is 4. The molecule has 4 aromatic carbocycles. The Morgan fingerprint density at radius 2 is 1.42 bits per heavy atom. The molecule has 62 heavy (non-hydrogen) atoms. The van der Waals surface area contributed by atoms with Crippen LogP contribution in [0.1, 0.15) is 84.8 Å². The van der Waals surface area contributed by atoms with E-state index in [4.69, 9.17) is 26.4 Å². The first kappa shape index (κ1) is 41.2. The van der Waals surface area contributed by atoms with Crippen molar-refractivity contribution >= 4 is 34.8 Å². The summed E-state index contributed by atoms with van der Waals surface area (Å²) in [5, 5.41) is 15.6. The number of rotatable bonds is 13. The standard InChI is InChI=1S/C52H53ClN6O3/c1-30-20-42(21-31(2)50(30)53)62-19-11-18-44-43-16-10-17-45(49-32(3)58-59(5)33(49)4)46(43)28-47(44)52(61)54-29-41-26-38(51(60)57-40-24-36-14-8-9-15-37(36)25-40)27-48(56-41)55-39-22-34-12-6-7-13-35(34)23-39/h6-10,12-17,20-21,26-27,39-40H,11,18-19,22-25,28-29H2,1-5H3,(H,54,61)(H,55,56)(H,57,60). The third-order valence-electron chi connectivity index (χ3n) is 12.9. The topological polar surface area (TPSA) is 110 Å². The SMILES string of the molecule is Cc1cc(OCCCC2=C(C(=O)NCc3cc(C(=O)NC4Cc5ccccc5C4)cc(NC4Cc5ccccc5C4)n3)Cc3c2cccc3-c2c(C)nn(C)c2C)cc(C)c1Cl. The maximum Gasteiger partial charge on any atom is 0.251 e. The lowest BCUT2D eigenvalue weighted by Gasteiger charge is -2.17. The number of nitrogens with one attached hydrogen (secondary N) is 3. The molecule has 0 unspecified atom stereocenters. The number of ether oxygens (including phenoxy) is 1. The highest BCUT2D eigenvalue weighted by Crippen LogP contribution is 2.42. The smallest absolute Gasteiger partial charge is 0.251 e. The average molecular weight is 845 g/mol. The molecule has 0 saturated carbocycles. The fraction of sp³-hybridized carbons (Fsp3) is 0.308. The molecule has 0 aliphatic heterocycles. The molecule has 0 bridgehead atoms. The predicted octanol–water partition coefficient (Wildman–Crippen LogP) is 9.33. The molecule has 3 aliphatic rings. The van der Waals surface area contributed by atoms with E-state index in [0.29, 0.717) is 42.9 Å². The second-order valence-corrected chi connectivity index (χ2v) is 17.6. The Morgan fingerprint density at radius 3 is 2.05 bits per heavy atom. The van der Waals surface area contributed by atoms with Gasteiger partial charge in [0, 0.05) is 53.0 Å². The van der Waals surface area contributed by atoms with E-state index >= 15 is 0 Å². The third-order valence-corrected chi connectivity index (χ3v) is 13.5. The Bertz CT molecular complexity index is 2700. The van der Waals surface area contributed by atoms with Gasteiger partial charge in [0.05, 0.1) is 24.5 Å². The number of aromatic nitrogens is 3. The summed E-state index contributed by atoms with van der Waals surface area (Å²) in [6, 6.07) is 31.0. The lowest BCUT2D eigenvalue weighted by molar-refractivity contribution is -0.117. The molecular weight excluding hydrogens is 792 g/mol. The van der Waals surface area contributed by atoms with Crippen LogP contribution in [0.25, 0.3) is 16.7 Å². The van der Waals surface area contributed by atoms with Crippen LogP contribution in [0.15, 0.2) is 96.6 Å². The number of allylic oxidation sites excluding steroid dienone is 1. The van der Waals surface area contributed by atoms with E-state index in [1.165, 1.54) is 22.3 Å². The normalized spacial score (nSPS) is 14.5. The molecule has 0 atom stereocenters. The summed E-state index contributed by atoms with van der Waals surface area (Å²) in [5.74, 6) is 1.12. The second kappa shape index (κ2) is 17.3. The van der Waals surface area contributed by atoms with Gasteiger partial charge in [0.1, 0.15) is 11.6 Å². The Labute approximate surface area is 369 Å². The summed E-state index contributed by atoms with van der Waals surface area (Å²) in [4.78, 5) is 33.5. The number of hydrogen-bond acceptors (Lipinski definition) is 6. The van der Waals surface area contributed by atoms with E-state index in [9.17, 15) is 9.59 Å². The van der Waals surface area contributed by atoms with E-state index in [-0.39, 0.29) is 30.4 Å². The number of fused-ring (bicyclic) bond motifs is 3. The van der Waals surface area contributed by atoms with Gasteiger partial charge in [-0.05, 0) is 146 Å². The quantitative estimate of drug-likeness (QED) is 0.100. The maximum atomic E-state index is 14.5. The van der Waals surface area contributed by atoms with E-state index in [1.54, 1.807) is 0 Å². The van der Waals surface area contributed by atoms with Crippen LogP contribution < -0.4 is 20.7 Å². The van der Waals surface area contributed by atoms with Crippen molar-refractivity contribution in [3.05, 3.63) is 169 Å². The number of carbonyl (C=O) groups excluding carboxylic acids is 2. The van der Waals surface area contributed by atoms with Crippen LogP contribution in [0.3, 0.4) is 0 Å². The Morgan fingerprint density at radius 1 is 0.790 bits per heavy atom. The highest BCUT2D eigenvalue weighted by molar-refractivity contribution is 6.32. The van der Waals surface area contributed by atoms with Crippen molar-refractivity contribution in [2.24, 2.45) is 7.05 Å². The minimum atomic E-state index is -0.147. The molecule has 9 rings (SSSR count). The van der Waals surface area contributed by atoms with Crippen LogP contribution in [0.2, 0.25) is 5.02 Å². The average Bonchev–Trinajstić information content (AvgIpc) is 4.02. The first-order chi connectivity index (χ1) is 30.0. The van der Waals surface area contributed by atoms with Crippen molar-refractivity contribution < 1.29 is 14.3 Å². The van der Waals surface area contributed by atoms with Crippen LogP contribution in [0.4, 0.5) is 5.82 Å². The van der Waals surface area contributed by atoms with Crippen LogP contribution in [-0.4, -0.2) is 45.3 Å². The van der Waals surface area contributed by atoms with Crippen molar-refractivity contribution in [1.82, 2.24) is 25.4 Å². The van der Waals surface area contributed by atoms with Gasteiger partial charge in [0.15, 0.2) is 0 Å². The van der Waals surface area contributed by atoms with E-state index < -0.39 is 0 Å². The van der Waals surface area contributed by atoms with Gasteiger partial charge < -0.3 is 20.7 Å². The summed E-state index contributed by atoms with van der Waals surface area (Å²) < 4.78 is 8.14. The summed E-state index contributed by atoms with van der Waals surface area (Å²) >= 11 is 6.43. The minimum absolute atomic E-state index is 0.0141. The highest BCUT2D eigenvalue weighted by Gasteiger charge is 2.30. The molecule has 2 amide bonds. The Hall–Kier alpha value is -6.19. The molecule has 0 radical (unpaired) electrons. The molecule has 6 aromatic rings. The molecule has 3 aliphatic carbocycles. The van der Waals surface area contributed by atoms with E-state index in [1.807, 2.05) is 56.8 Å². The summed E-state index contributed by atoms with van der Waals surface area (Å²) in [6.45, 7) is 8.75.